The van der Waals surface area contributed by atoms with Crippen LogP contribution in [0.3, 0.4) is 0 Å². The van der Waals surface area contributed by atoms with Crippen LogP contribution in [0.25, 0.3) is 0 Å². The number of hydrazone groups is 1. The third kappa shape index (κ3) is 2.63. The molecule has 1 rings (SSSR count). The van der Waals surface area contributed by atoms with E-state index in [4.69, 9.17) is 15.0 Å². The Balaban J connectivity index is 2.56. The van der Waals surface area contributed by atoms with Crippen LogP contribution < -0.4 is 5.73 Å². The smallest absolute Gasteiger partial charge is 0.402 e. The van der Waals surface area contributed by atoms with Gasteiger partial charge in [0.1, 0.15) is 6.34 Å². The Hall–Kier alpha value is -0.745. The second-order valence-electron chi connectivity index (χ2n) is 4.79. The molecule has 0 aromatic heterocycles. The predicted molar refractivity (Wildman–Crippen MR) is 61.4 cm³/mol. The van der Waals surface area contributed by atoms with Crippen LogP contribution in [-0.2, 0) is 9.31 Å². The van der Waals surface area contributed by atoms with E-state index in [-0.39, 0.29) is 18.3 Å². The largest absolute Gasteiger partial charge is 0.480 e. The quantitative estimate of drug-likeness (QED) is 0.320. The SMILES string of the molecule is CN(CB1OC(C)(C)C(C)(C)O1)/N=C\N. The summed E-state index contributed by atoms with van der Waals surface area (Å²) in [5.41, 5.74) is 4.62. The van der Waals surface area contributed by atoms with Crippen LogP contribution in [0.1, 0.15) is 27.7 Å². The highest BCUT2D eigenvalue weighted by Gasteiger charge is 2.51. The van der Waals surface area contributed by atoms with Crippen LogP contribution in [0.15, 0.2) is 5.10 Å². The van der Waals surface area contributed by atoms with Gasteiger partial charge in [0.25, 0.3) is 0 Å². The van der Waals surface area contributed by atoms with Crippen LogP contribution in [0.5, 0.6) is 0 Å². The normalized spacial score (nSPS) is 23.7. The third-order valence-corrected chi connectivity index (χ3v) is 2.98. The molecule has 0 aromatic rings. The van der Waals surface area contributed by atoms with Gasteiger partial charge in [-0.2, -0.15) is 5.10 Å². The number of hydrogen-bond acceptors (Lipinski definition) is 4. The molecule has 1 saturated heterocycles. The van der Waals surface area contributed by atoms with Gasteiger partial charge in [0.05, 0.1) is 17.6 Å². The van der Waals surface area contributed by atoms with Crippen LogP contribution >= 0.6 is 0 Å². The summed E-state index contributed by atoms with van der Waals surface area (Å²) in [7, 11) is 1.57. The van der Waals surface area contributed by atoms with Gasteiger partial charge in [-0.3, -0.25) is 0 Å². The van der Waals surface area contributed by atoms with E-state index in [9.17, 15) is 0 Å². The molecule has 0 aliphatic carbocycles. The van der Waals surface area contributed by atoms with E-state index < -0.39 is 0 Å². The molecule has 5 nitrogen and oxygen atoms in total. The molecule has 0 amide bonds. The monoisotopic (exact) mass is 213 g/mol. The van der Waals surface area contributed by atoms with Gasteiger partial charge in [-0.15, -0.1) is 0 Å². The first kappa shape index (κ1) is 12.3. The molecule has 1 aliphatic heterocycles. The fraction of sp³-hybridized carbons (Fsp3) is 0.889. The lowest BCUT2D eigenvalue weighted by atomic mass is 9.90. The minimum absolute atomic E-state index is 0.260. The number of hydrogen-bond donors (Lipinski definition) is 1. The van der Waals surface area contributed by atoms with Gasteiger partial charge in [-0.05, 0) is 27.7 Å². The summed E-state index contributed by atoms with van der Waals surface area (Å²) >= 11 is 0. The molecule has 0 atom stereocenters. The van der Waals surface area contributed by atoms with Crippen molar-refractivity contribution < 1.29 is 9.31 Å². The Kier molecular flexibility index (Phi) is 3.30. The van der Waals surface area contributed by atoms with Crippen molar-refractivity contribution in [3.05, 3.63) is 0 Å². The van der Waals surface area contributed by atoms with Crippen molar-refractivity contribution in [2.75, 3.05) is 13.5 Å². The summed E-state index contributed by atoms with van der Waals surface area (Å²) in [6.07, 6.45) is 1.83. The van der Waals surface area contributed by atoms with Crippen LogP contribution in [0.4, 0.5) is 0 Å². The second-order valence-corrected chi connectivity index (χ2v) is 4.79. The second kappa shape index (κ2) is 4.02. The molecule has 6 heteroatoms. The van der Waals surface area contributed by atoms with E-state index in [1.165, 1.54) is 6.34 Å². The van der Waals surface area contributed by atoms with Gasteiger partial charge in [-0.25, -0.2) is 0 Å². The van der Waals surface area contributed by atoms with Gasteiger partial charge in [0.15, 0.2) is 0 Å². The Morgan fingerprint density at radius 2 is 1.73 bits per heavy atom. The molecule has 2 N–H and O–H groups in total. The highest BCUT2D eigenvalue weighted by Crippen LogP contribution is 2.36. The third-order valence-electron chi connectivity index (χ3n) is 2.98. The zero-order valence-corrected chi connectivity index (χ0v) is 10.2. The van der Waals surface area contributed by atoms with Gasteiger partial charge in [0, 0.05) is 7.05 Å². The van der Waals surface area contributed by atoms with Crippen molar-refractivity contribution in [3.63, 3.8) is 0 Å². The fourth-order valence-corrected chi connectivity index (χ4v) is 1.42. The van der Waals surface area contributed by atoms with Crippen molar-refractivity contribution in [3.8, 4) is 0 Å². The molecule has 1 aliphatic rings. The first-order valence-corrected chi connectivity index (χ1v) is 5.09. The van der Waals surface area contributed by atoms with Gasteiger partial charge < -0.3 is 20.1 Å². The Morgan fingerprint density at radius 3 is 2.13 bits per heavy atom. The van der Waals surface area contributed by atoms with E-state index in [1.54, 1.807) is 5.01 Å². The molecule has 1 fully saturated rings. The topological polar surface area (TPSA) is 60.1 Å². The number of rotatable bonds is 3. The maximum Gasteiger partial charge on any atom is 0.480 e. The van der Waals surface area contributed by atoms with E-state index in [0.717, 1.165) is 0 Å². The van der Waals surface area contributed by atoms with E-state index >= 15 is 0 Å². The average molecular weight is 213 g/mol. The lowest BCUT2D eigenvalue weighted by Crippen LogP contribution is -2.41. The summed E-state index contributed by atoms with van der Waals surface area (Å²) < 4.78 is 11.6. The number of nitrogens with two attached hydrogens (primary N) is 1. The van der Waals surface area contributed by atoms with Crippen LogP contribution in [0, 0.1) is 0 Å². The first-order valence-electron chi connectivity index (χ1n) is 5.09. The predicted octanol–water partition coefficient (Wildman–Crippen LogP) is 0.452. The molecule has 0 saturated carbocycles. The zero-order valence-electron chi connectivity index (χ0n) is 10.2. The average Bonchev–Trinajstić information content (AvgIpc) is 2.19. The van der Waals surface area contributed by atoms with Gasteiger partial charge >= 0.3 is 7.12 Å². The highest BCUT2D eigenvalue weighted by molar-refractivity contribution is 6.45. The van der Waals surface area contributed by atoms with Crippen molar-refractivity contribution >= 4 is 13.5 Å². The lowest BCUT2D eigenvalue weighted by Gasteiger charge is -2.32. The summed E-state index contributed by atoms with van der Waals surface area (Å²) in [6.45, 7) is 8.11. The molecule has 0 unspecified atom stereocenters. The zero-order chi connectivity index (χ0) is 11.7. The summed E-state index contributed by atoms with van der Waals surface area (Å²) in [5.74, 6) is 0. The van der Waals surface area contributed by atoms with Crippen molar-refractivity contribution in [2.24, 2.45) is 10.8 Å². The maximum absolute atomic E-state index is 5.80. The van der Waals surface area contributed by atoms with Crippen molar-refractivity contribution in [2.45, 2.75) is 38.9 Å². The minimum atomic E-state index is -0.287. The molecule has 0 aromatic carbocycles. The fourth-order valence-electron chi connectivity index (χ4n) is 1.42. The molecule has 15 heavy (non-hydrogen) atoms. The minimum Gasteiger partial charge on any atom is -0.402 e. The molecule has 0 radical (unpaired) electrons. The lowest BCUT2D eigenvalue weighted by molar-refractivity contribution is 0.00578. The van der Waals surface area contributed by atoms with Crippen LogP contribution in [0.2, 0.25) is 0 Å². The molecule has 0 spiro atoms. The number of nitrogens with zero attached hydrogens (tertiary/aromatic N) is 2. The van der Waals surface area contributed by atoms with Crippen molar-refractivity contribution in [1.82, 2.24) is 5.01 Å². The molecule has 86 valence electrons. The Morgan fingerprint density at radius 1 is 1.27 bits per heavy atom. The Labute approximate surface area is 91.7 Å². The molecular weight excluding hydrogens is 193 g/mol. The molecule has 1 heterocycles. The first-order chi connectivity index (χ1) is 6.78. The van der Waals surface area contributed by atoms with E-state index in [2.05, 4.69) is 5.10 Å². The van der Waals surface area contributed by atoms with Crippen molar-refractivity contribution in [1.29, 1.82) is 0 Å². The highest BCUT2D eigenvalue weighted by atomic mass is 16.7. The molecular formula is C9H20BN3O2. The van der Waals surface area contributed by atoms with Gasteiger partial charge in [0.2, 0.25) is 0 Å². The van der Waals surface area contributed by atoms with Gasteiger partial charge in [-0.1, -0.05) is 0 Å². The van der Waals surface area contributed by atoms with E-state index in [1.807, 2.05) is 34.7 Å². The Bertz CT molecular complexity index is 240. The maximum atomic E-state index is 5.80. The standard InChI is InChI=1S/C9H20BN3O2/c1-8(2)9(3,4)15-10(14-8)6-13(5)12-7-11/h7H,6H2,1-5H3,(H2,11,12). The van der Waals surface area contributed by atoms with Crippen LogP contribution in [-0.4, -0.2) is 43.2 Å². The summed E-state index contributed by atoms with van der Waals surface area (Å²) in [5, 5.41) is 5.61. The molecule has 0 bridgehead atoms. The van der Waals surface area contributed by atoms with E-state index in [0.29, 0.717) is 6.44 Å². The summed E-state index contributed by atoms with van der Waals surface area (Å²) in [6, 6.07) is 0. The summed E-state index contributed by atoms with van der Waals surface area (Å²) in [4.78, 5) is 0.